The third kappa shape index (κ3) is 1.09. The van der Waals surface area contributed by atoms with E-state index in [1.54, 1.807) is 18.5 Å². The number of carbonyl (C=O) groups excluding carboxylic acids is 1. The lowest BCUT2D eigenvalue weighted by atomic mass is 10.1. The van der Waals surface area contributed by atoms with Crippen LogP contribution in [0.4, 0.5) is 0 Å². The molecule has 1 aromatic carbocycles. The zero-order valence-electron chi connectivity index (χ0n) is 7.93. The average Bonchev–Trinajstić information content (AvgIpc) is 2.64. The summed E-state index contributed by atoms with van der Waals surface area (Å²) in [6, 6.07) is 3.36. The van der Waals surface area contributed by atoms with Crippen LogP contribution in [0.1, 0.15) is 10.4 Å². The highest BCUT2D eigenvalue weighted by atomic mass is 16.5. The summed E-state index contributed by atoms with van der Waals surface area (Å²) in [7, 11) is 0. The second-order valence-electron chi connectivity index (χ2n) is 3.49. The number of benzene rings is 1. The zero-order valence-corrected chi connectivity index (χ0v) is 7.93. The van der Waals surface area contributed by atoms with Crippen molar-refractivity contribution in [2.75, 3.05) is 6.61 Å². The molecule has 2 heterocycles. The summed E-state index contributed by atoms with van der Waals surface area (Å²) in [4.78, 5) is 15.3. The van der Waals surface area contributed by atoms with Crippen molar-refractivity contribution >= 4 is 16.9 Å². The largest absolute Gasteiger partial charge is 0.489 e. The maximum absolute atomic E-state index is 11.1. The molecule has 5 nitrogen and oxygen atoms in total. The van der Waals surface area contributed by atoms with Crippen LogP contribution in [0.25, 0.3) is 11.0 Å². The lowest BCUT2D eigenvalue weighted by Gasteiger charge is -2.16. The monoisotopic (exact) mass is 203 g/mol. The van der Waals surface area contributed by atoms with Crippen LogP contribution in [0.2, 0.25) is 0 Å². The number of primary amides is 1. The summed E-state index contributed by atoms with van der Waals surface area (Å²) in [6.45, 7) is 1.39. The fourth-order valence-electron chi connectivity index (χ4n) is 1.85. The first kappa shape index (κ1) is 8.28. The molecule has 0 spiro atoms. The van der Waals surface area contributed by atoms with Gasteiger partial charge in [-0.05, 0) is 12.1 Å². The standard InChI is InChI=1S/C10H9N3O2/c11-10(14)6-3-7-9-8(4-6)15-2-1-13(9)5-12-7/h3-5H,1-2H2,(H2,11,14). The number of nitrogens with zero attached hydrogens (tertiary/aromatic N) is 2. The van der Waals surface area contributed by atoms with E-state index in [2.05, 4.69) is 4.98 Å². The van der Waals surface area contributed by atoms with Gasteiger partial charge in [0.25, 0.3) is 0 Å². The van der Waals surface area contributed by atoms with E-state index in [0.717, 1.165) is 17.6 Å². The average molecular weight is 203 g/mol. The fraction of sp³-hybridized carbons (Fsp3) is 0.200. The molecule has 1 aliphatic rings. The Kier molecular flexibility index (Phi) is 1.50. The normalized spacial score (nSPS) is 13.9. The molecule has 0 radical (unpaired) electrons. The molecule has 0 bridgehead atoms. The molecular formula is C10H9N3O2. The second kappa shape index (κ2) is 2.73. The molecule has 0 aliphatic carbocycles. The Balaban J connectivity index is 2.36. The van der Waals surface area contributed by atoms with Crippen molar-refractivity contribution in [3.63, 3.8) is 0 Å². The summed E-state index contributed by atoms with van der Waals surface area (Å²) in [5, 5.41) is 0. The molecule has 0 saturated heterocycles. The highest BCUT2D eigenvalue weighted by molar-refractivity contribution is 5.98. The highest BCUT2D eigenvalue weighted by Gasteiger charge is 2.16. The van der Waals surface area contributed by atoms with Gasteiger partial charge in [-0.1, -0.05) is 0 Å². The molecule has 2 N–H and O–H groups in total. The summed E-state index contributed by atoms with van der Waals surface area (Å²) in [5.41, 5.74) is 7.35. The molecule has 2 aromatic rings. The van der Waals surface area contributed by atoms with E-state index in [1.165, 1.54) is 0 Å². The molecular weight excluding hydrogens is 194 g/mol. The molecule has 1 amide bonds. The predicted molar refractivity (Wildman–Crippen MR) is 53.7 cm³/mol. The number of carbonyl (C=O) groups is 1. The van der Waals surface area contributed by atoms with Gasteiger partial charge in [0.05, 0.1) is 18.4 Å². The number of amides is 1. The zero-order chi connectivity index (χ0) is 10.4. The van der Waals surface area contributed by atoms with Crippen LogP contribution in [-0.2, 0) is 6.54 Å². The molecule has 5 heteroatoms. The van der Waals surface area contributed by atoms with Crippen LogP contribution < -0.4 is 10.5 Å². The number of rotatable bonds is 1. The molecule has 76 valence electrons. The Hall–Kier alpha value is -2.04. The van der Waals surface area contributed by atoms with E-state index >= 15 is 0 Å². The Labute approximate surface area is 85.5 Å². The number of nitrogens with two attached hydrogens (primary N) is 1. The van der Waals surface area contributed by atoms with Crippen molar-refractivity contribution in [1.82, 2.24) is 9.55 Å². The van der Waals surface area contributed by atoms with E-state index in [4.69, 9.17) is 10.5 Å². The number of imidazole rings is 1. The van der Waals surface area contributed by atoms with Crippen molar-refractivity contribution in [1.29, 1.82) is 0 Å². The second-order valence-corrected chi connectivity index (χ2v) is 3.49. The molecule has 15 heavy (non-hydrogen) atoms. The molecule has 0 fully saturated rings. The van der Waals surface area contributed by atoms with Crippen LogP contribution in [0, 0.1) is 0 Å². The highest BCUT2D eigenvalue weighted by Crippen LogP contribution is 2.29. The quantitative estimate of drug-likeness (QED) is 0.734. The van der Waals surface area contributed by atoms with E-state index in [9.17, 15) is 4.79 Å². The van der Waals surface area contributed by atoms with Gasteiger partial charge in [-0.3, -0.25) is 4.79 Å². The van der Waals surface area contributed by atoms with Gasteiger partial charge < -0.3 is 15.0 Å². The van der Waals surface area contributed by atoms with E-state index in [1.807, 2.05) is 4.57 Å². The van der Waals surface area contributed by atoms with Crippen molar-refractivity contribution in [3.05, 3.63) is 24.0 Å². The van der Waals surface area contributed by atoms with Gasteiger partial charge in [0, 0.05) is 5.56 Å². The van der Waals surface area contributed by atoms with Gasteiger partial charge in [0.15, 0.2) is 0 Å². The number of hydrogen-bond donors (Lipinski definition) is 1. The van der Waals surface area contributed by atoms with E-state index < -0.39 is 5.91 Å². The molecule has 0 unspecified atom stereocenters. The third-order valence-corrected chi connectivity index (χ3v) is 2.55. The Morgan fingerprint density at radius 2 is 2.40 bits per heavy atom. The summed E-state index contributed by atoms with van der Waals surface area (Å²) in [6.07, 6.45) is 1.75. The van der Waals surface area contributed by atoms with Crippen molar-refractivity contribution in [2.24, 2.45) is 5.73 Å². The van der Waals surface area contributed by atoms with Crippen LogP contribution in [-0.4, -0.2) is 22.1 Å². The predicted octanol–water partition coefficient (Wildman–Crippen LogP) is 0.528. The van der Waals surface area contributed by atoms with Crippen LogP contribution in [0.3, 0.4) is 0 Å². The first-order chi connectivity index (χ1) is 7.25. The smallest absolute Gasteiger partial charge is 0.248 e. The van der Waals surface area contributed by atoms with Gasteiger partial charge in [-0.2, -0.15) is 0 Å². The molecule has 1 aliphatic heterocycles. The minimum absolute atomic E-state index is 0.435. The van der Waals surface area contributed by atoms with Crippen molar-refractivity contribution in [2.45, 2.75) is 6.54 Å². The summed E-state index contributed by atoms with van der Waals surface area (Å²) < 4.78 is 7.49. The minimum atomic E-state index is -0.461. The van der Waals surface area contributed by atoms with Gasteiger partial charge in [0.2, 0.25) is 5.91 Å². The van der Waals surface area contributed by atoms with Crippen molar-refractivity contribution < 1.29 is 9.53 Å². The molecule has 0 saturated carbocycles. The first-order valence-electron chi connectivity index (χ1n) is 4.67. The molecule has 0 atom stereocenters. The number of hydrogen-bond acceptors (Lipinski definition) is 3. The Bertz CT molecular complexity index is 559. The van der Waals surface area contributed by atoms with Crippen molar-refractivity contribution in [3.8, 4) is 5.75 Å². The number of aromatic nitrogens is 2. The fourth-order valence-corrected chi connectivity index (χ4v) is 1.85. The minimum Gasteiger partial charge on any atom is -0.489 e. The van der Waals surface area contributed by atoms with Crippen LogP contribution >= 0.6 is 0 Å². The Morgan fingerprint density at radius 1 is 1.53 bits per heavy atom. The number of ether oxygens (including phenoxy) is 1. The van der Waals surface area contributed by atoms with Gasteiger partial charge >= 0.3 is 0 Å². The summed E-state index contributed by atoms with van der Waals surface area (Å²) in [5.74, 6) is 0.224. The first-order valence-corrected chi connectivity index (χ1v) is 4.67. The van der Waals surface area contributed by atoms with Crippen LogP contribution in [0.5, 0.6) is 5.75 Å². The topological polar surface area (TPSA) is 70.1 Å². The maximum atomic E-state index is 11.1. The van der Waals surface area contributed by atoms with Gasteiger partial charge in [-0.15, -0.1) is 0 Å². The van der Waals surface area contributed by atoms with E-state index in [0.29, 0.717) is 17.9 Å². The van der Waals surface area contributed by atoms with Crippen LogP contribution in [0.15, 0.2) is 18.5 Å². The van der Waals surface area contributed by atoms with E-state index in [-0.39, 0.29) is 0 Å². The summed E-state index contributed by atoms with van der Waals surface area (Å²) >= 11 is 0. The third-order valence-electron chi connectivity index (χ3n) is 2.55. The molecule has 1 aromatic heterocycles. The molecule has 3 rings (SSSR count). The Morgan fingerprint density at radius 3 is 3.20 bits per heavy atom. The lowest BCUT2D eigenvalue weighted by molar-refractivity contribution is 0.1000. The maximum Gasteiger partial charge on any atom is 0.248 e. The lowest BCUT2D eigenvalue weighted by Crippen LogP contribution is -2.15. The van der Waals surface area contributed by atoms with Gasteiger partial charge in [-0.25, -0.2) is 4.98 Å². The van der Waals surface area contributed by atoms with Gasteiger partial charge in [0.1, 0.15) is 17.9 Å². The SMILES string of the molecule is NC(=O)c1cc2c3c(c1)ncn3CCO2.